The number of aryl methyl sites for hydroxylation is 1. The second-order valence-electron chi connectivity index (χ2n) is 14.2. The van der Waals surface area contributed by atoms with E-state index >= 15 is 0 Å². The maximum atomic E-state index is 2.36. The number of hydrogen-bond donors (Lipinski definition) is 0. The summed E-state index contributed by atoms with van der Waals surface area (Å²) in [6.07, 6.45) is 4.61. The van der Waals surface area contributed by atoms with Crippen molar-refractivity contribution in [3.05, 3.63) is 251 Å². The first-order valence-electron chi connectivity index (χ1n) is 19.0. The van der Waals surface area contributed by atoms with Gasteiger partial charge in [-0.05, 0) is 107 Å². The second kappa shape index (κ2) is 15.1. The van der Waals surface area contributed by atoms with Gasteiger partial charge in [0.2, 0.25) is 0 Å². The van der Waals surface area contributed by atoms with Gasteiger partial charge in [0.1, 0.15) is 0 Å². The van der Waals surface area contributed by atoms with E-state index in [0.29, 0.717) is 0 Å². The van der Waals surface area contributed by atoms with Gasteiger partial charge in [-0.15, -0.1) is 0 Å². The average molecular weight is 701 g/mol. The third-order valence-corrected chi connectivity index (χ3v) is 10.5. The Balaban J connectivity index is 1.15. The van der Waals surface area contributed by atoms with Gasteiger partial charge in [-0.2, -0.15) is 0 Å². The molecule has 9 rings (SSSR count). The normalized spacial score (nSPS) is 11.0. The molecule has 0 spiro atoms. The Kier molecular flexibility index (Phi) is 9.31. The zero-order valence-corrected chi connectivity index (χ0v) is 30.9. The van der Waals surface area contributed by atoms with Crippen LogP contribution in [0, 0.1) is 6.92 Å². The number of rotatable bonds is 8. The average Bonchev–Trinajstić information content (AvgIpc) is 3.25. The van der Waals surface area contributed by atoms with Gasteiger partial charge in [-0.25, -0.2) is 0 Å². The van der Waals surface area contributed by atoms with E-state index in [1.165, 1.54) is 93.9 Å². The van der Waals surface area contributed by atoms with Crippen LogP contribution in [0.15, 0.2) is 212 Å². The molecule has 0 aliphatic carbocycles. The van der Waals surface area contributed by atoms with E-state index in [2.05, 4.69) is 231 Å². The summed E-state index contributed by atoms with van der Waals surface area (Å²) in [5.41, 5.74) is 15.8. The van der Waals surface area contributed by atoms with Crippen LogP contribution >= 0.6 is 0 Å². The van der Waals surface area contributed by atoms with Crippen molar-refractivity contribution in [2.45, 2.75) is 6.92 Å². The summed E-state index contributed by atoms with van der Waals surface area (Å²) in [6, 6.07) is 76.7. The quantitative estimate of drug-likeness (QED) is 0.109. The Morgan fingerprint density at radius 2 is 0.636 bits per heavy atom. The van der Waals surface area contributed by atoms with Crippen molar-refractivity contribution in [2.24, 2.45) is 0 Å². The molecule has 0 saturated heterocycles. The summed E-state index contributed by atoms with van der Waals surface area (Å²) in [6.45, 7) is 2.19. The summed E-state index contributed by atoms with van der Waals surface area (Å²) < 4.78 is 0. The fraction of sp³-hybridized carbons (Fsp3) is 0.0182. The van der Waals surface area contributed by atoms with E-state index in [-0.39, 0.29) is 0 Å². The van der Waals surface area contributed by atoms with Gasteiger partial charge in [0.05, 0.1) is 0 Å². The Hall–Kier alpha value is -7.02. The molecule has 0 fully saturated rings. The second-order valence-corrected chi connectivity index (χ2v) is 14.2. The largest absolute Gasteiger partial charge is 0.0622 e. The molecule has 0 heteroatoms. The van der Waals surface area contributed by atoms with Crippen molar-refractivity contribution < 1.29 is 0 Å². The first-order chi connectivity index (χ1) is 27.2. The summed E-state index contributed by atoms with van der Waals surface area (Å²) in [5, 5.41) is 5.04. The topological polar surface area (TPSA) is 0 Å². The molecule has 0 unspecified atom stereocenters. The molecule has 0 radical (unpaired) electrons. The molecule has 9 aromatic rings. The molecular formula is C55H40. The van der Waals surface area contributed by atoms with Crippen molar-refractivity contribution >= 4 is 44.8 Å². The summed E-state index contributed by atoms with van der Waals surface area (Å²) >= 11 is 0. The van der Waals surface area contributed by atoms with Gasteiger partial charge in [0, 0.05) is 0 Å². The molecular weight excluding hydrogens is 661 g/mol. The number of hydrogen-bond acceptors (Lipinski definition) is 0. The Labute approximate surface area is 324 Å². The van der Waals surface area contributed by atoms with E-state index in [4.69, 9.17) is 0 Å². The van der Waals surface area contributed by atoms with Crippen LogP contribution in [0.2, 0.25) is 0 Å². The van der Waals surface area contributed by atoms with Gasteiger partial charge in [-0.3, -0.25) is 0 Å². The third-order valence-electron chi connectivity index (χ3n) is 10.5. The molecule has 260 valence electrons. The molecule has 0 atom stereocenters. The predicted octanol–water partition coefficient (Wildman–Crippen LogP) is 14.8. The molecule has 0 aromatic heterocycles. The van der Waals surface area contributed by atoms with Crippen LogP contribution in [0.5, 0.6) is 0 Å². The summed E-state index contributed by atoms with van der Waals surface area (Å²) in [5.74, 6) is 0. The van der Waals surface area contributed by atoms with E-state index in [9.17, 15) is 0 Å². The number of fused-ring (bicyclic) bond motifs is 2. The van der Waals surface area contributed by atoms with Crippen LogP contribution in [0.1, 0.15) is 38.9 Å². The fourth-order valence-corrected chi connectivity index (χ4v) is 7.88. The first kappa shape index (κ1) is 33.8. The van der Waals surface area contributed by atoms with Crippen molar-refractivity contribution in [1.82, 2.24) is 0 Å². The number of benzene rings is 9. The minimum atomic E-state index is 1.17. The predicted molar refractivity (Wildman–Crippen MR) is 237 cm³/mol. The Morgan fingerprint density at radius 3 is 1.02 bits per heavy atom. The molecule has 0 aliphatic heterocycles. The smallest absolute Gasteiger partial charge is 0.00263 e. The van der Waals surface area contributed by atoms with Gasteiger partial charge in [-0.1, -0.05) is 218 Å². The van der Waals surface area contributed by atoms with Gasteiger partial charge >= 0.3 is 0 Å². The zero-order chi connectivity index (χ0) is 37.0. The van der Waals surface area contributed by atoms with Gasteiger partial charge in [0.15, 0.2) is 0 Å². The lowest BCUT2D eigenvalue weighted by Crippen LogP contribution is -1.92. The minimum Gasteiger partial charge on any atom is -0.0622 e. The molecule has 9 aromatic carbocycles. The van der Waals surface area contributed by atoms with Crippen molar-refractivity contribution in [3.63, 3.8) is 0 Å². The molecule has 0 bridgehead atoms. The highest BCUT2D eigenvalue weighted by Gasteiger charge is 2.17. The molecule has 0 amide bonds. The summed E-state index contributed by atoms with van der Waals surface area (Å²) in [4.78, 5) is 0. The van der Waals surface area contributed by atoms with Gasteiger partial charge < -0.3 is 0 Å². The van der Waals surface area contributed by atoms with Crippen LogP contribution < -0.4 is 0 Å². The molecule has 0 saturated carbocycles. The lowest BCUT2D eigenvalue weighted by Gasteiger charge is -2.18. The molecule has 0 heterocycles. The third kappa shape index (κ3) is 6.95. The van der Waals surface area contributed by atoms with Crippen LogP contribution in [0.3, 0.4) is 0 Å². The maximum Gasteiger partial charge on any atom is -0.00263 e. The highest BCUT2D eigenvalue weighted by atomic mass is 14.2. The van der Waals surface area contributed by atoms with Crippen LogP contribution in [0.4, 0.5) is 0 Å². The lowest BCUT2D eigenvalue weighted by molar-refractivity contribution is 1.50. The van der Waals surface area contributed by atoms with E-state index < -0.39 is 0 Å². The highest BCUT2D eigenvalue weighted by Crippen LogP contribution is 2.44. The maximum absolute atomic E-state index is 2.36. The van der Waals surface area contributed by atoms with E-state index in [1.54, 1.807) is 0 Å². The van der Waals surface area contributed by atoms with Crippen LogP contribution in [-0.2, 0) is 0 Å². The Morgan fingerprint density at radius 1 is 0.309 bits per heavy atom. The molecule has 0 N–H and O–H groups in total. The van der Waals surface area contributed by atoms with Crippen molar-refractivity contribution in [3.8, 4) is 22.3 Å². The SMILES string of the molecule is Cc1ccc2c(-c3ccc(C=C(c4ccccc4)c4ccccc4)cc3)c3ccccc3c(-c3ccc(C=C(c4ccccc4)c4ccccc4)cc3)c2c1. The standard InChI is InChI=1S/C55H40/c1-39-26-35-50-53(36-39)55(47-33-29-41(30-34-47)38-52(44-20-10-4-11-21-44)45-22-12-5-13-23-45)49-25-15-14-24-48(49)54(50)46-31-27-40(28-32-46)37-51(42-16-6-2-7-17-42)43-18-8-3-9-19-43/h2-38H,1H3. The van der Waals surface area contributed by atoms with E-state index in [0.717, 1.165) is 0 Å². The monoisotopic (exact) mass is 700 g/mol. The zero-order valence-electron chi connectivity index (χ0n) is 30.9. The van der Waals surface area contributed by atoms with Gasteiger partial charge in [0.25, 0.3) is 0 Å². The fourth-order valence-electron chi connectivity index (χ4n) is 7.88. The van der Waals surface area contributed by atoms with Crippen molar-refractivity contribution in [2.75, 3.05) is 0 Å². The first-order valence-corrected chi connectivity index (χ1v) is 19.0. The minimum absolute atomic E-state index is 1.17. The Bertz CT molecular complexity index is 2710. The van der Waals surface area contributed by atoms with Crippen molar-refractivity contribution in [1.29, 1.82) is 0 Å². The highest BCUT2D eigenvalue weighted by molar-refractivity contribution is 6.21. The molecule has 0 nitrogen and oxygen atoms in total. The molecule has 55 heavy (non-hydrogen) atoms. The molecule has 0 aliphatic rings. The summed E-state index contributed by atoms with van der Waals surface area (Å²) in [7, 11) is 0. The van der Waals surface area contributed by atoms with Crippen LogP contribution in [-0.4, -0.2) is 0 Å². The van der Waals surface area contributed by atoms with Crippen LogP contribution in [0.25, 0.3) is 67.1 Å². The van der Waals surface area contributed by atoms with E-state index in [1.807, 2.05) is 0 Å². The lowest BCUT2D eigenvalue weighted by atomic mass is 9.85.